The molecule has 1 aliphatic heterocycles. The van der Waals surface area contributed by atoms with Crippen LogP contribution in [0.1, 0.15) is 43.1 Å². The Morgan fingerprint density at radius 2 is 1.69 bits per heavy atom. The zero-order valence-electron chi connectivity index (χ0n) is 16.7. The van der Waals surface area contributed by atoms with Crippen molar-refractivity contribution in [2.45, 2.75) is 32.6 Å². The van der Waals surface area contributed by atoms with E-state index < -0.39 is 0 Å². The van der Waals surface area contributed by atoms with Gasteiger partial charge in [-0.3, -0.25) is 9.59 Å². The van der Waals surface area contributed by atoms with E-state index in [0.29, 0.717) is 28.4 Å². The Morgan fingerprint density at radius 1 is 1.07 bits per heavy atom. The van der Waals surface area contributed by atoms with Gasteiger partial charge in [-0.15, -0.1) is 12.4 Å². The van der Waals surface area contributed by atoms with Crippen LogP contribution < -0.4 is 25.8 Å². The molecule has 0 bridgehead atoms. The molecule has 2 aromatic rings. The van der Waals surface area contributed by atoms with Crippen molar-refractivity contribution in [1.82, 2.24) is 5.32 Å². The zero-order valence-corrected chi connectivity index (χ0v) is 17.5. The molecule has 2 amide bonds. The standard InChI is InChI=1S/C21H25N3O4.ClH/c1-21(2,3)14-6-4-13(5-7-14)20(26)23-9-8-19(25)24-16-11-18-17(10-15(16)22)27-12-28-18;/h4-7,10-11H,8-9,12,22H2,1-3H3,(H,23,26)(H,24,25);1H. The molecular weight excluding hydrogens is 394 g/mol. The molecule has 7 nitrogen and oxygen atoms in total. The van der Waals surface area contributed by atoms with Crippen molar-refractivity contribution in [3.05, 3.63) is 47.5 Å². The van der Waals surface area contributed by atoms with Crippen LogP contribution in [0.15, 0.2) is 36.4 Å². The first kappa shape index (κ1) is 22.4. The number of nitrogen functional groups attached to an aromatic ring is 1. The number of amides is 2. The second-order valence-electron chi connectivity index (χ2n) is 7.67. The number of hydrogen-bond acceptors (Lipinski definition) is 5. The first-order valence-corrected chi connectivity index (χ1v) is 9.12. The van der Waals surface area contributed by atoms with Crippen molar-refractivity contribution < 1.29 is 19.1 Å². The van der Waals surface area contributed by atoms with E-state index in [1.54, 1.807) is 24.3 Å². The summed E-state index contributed by atoms with van der Waals surface area (Å²) in [6.07, 6.45) is 0.125. The Labute approximate surface area is 176 Å². The van der Waals surface area contributed by atoms with Crippen molar-refractivity contribution in [3.63, 3.8) is 0 Å². The number of halogens is 1. The molecule has 0 unspecified atom stereocenters. The van der Waals surface area contributed by atoms with Crippen molar-refractivity contribution in [2.75, 3.05) is 24.4 Å². The number of benzene rings is 2. The number of carbonyl (C=O) groups excluding carboxylic acids is 2. The predicted octanol–water partition coefficient (Wildman–Crippen LogP) is 3.48. The fraction of sp³-hybridized carbons (Fsp3) is 0.333. The molecule has 0 radical (unpaired) electrons. The summed E-state index contributed by atoms with van der Waals surface area (Å²) in [6.45, 7) is 6.71. The number of rotatable bonds is 5. The van der Waals surface area contributed by atoms with Crippen LogP contribution in [0, 0.1) is 0 Å². The summed E-state index contributed by atoms with van der Waals surface area (Å²) in [5, 5.41) is 5.48. The van der Waals surface area contributed by atoms with E-state index >= 15 is 0 Å². The second kappa shape index (κ2) is 9.05. The average Bonchev–Trinajstić information content (AvgIpc) is 3.08. The molecule has 1 aliphatic rings. The summed E-state index contributed by atoms with van der Waals surface area (Å²) in [5.41, 5.74) is 8.52. The van der Waals surface area contributed by atoms with Crippen LogP contribution in [0.5, 0.6) is 11.5 Å². The van der Waals surface area contributed by atoms with Crippen molar-refractivity contribution in [3.8, 4) is 11.5 Å². The number of fused-ring (bicyclic) bond motifs is 1. The molecule has 156 valence electrons. The third-order valence-corrected chi connectivity index (χ3v) is 4.47. The fourth-order valence-electron chi connectivity index (χ4n) is 2.79. The van der Waals surface area contributed by atoms with Gasteiger partial charge in [0.25, 0.3) is 5.91 Å². The highest BCUT2D eigenvalue weighted by molar-refractivity contribution is 5.96. The van der Waals surface area contributed by atoms with Gasteiger partial charge < -0.3 is 25.8 Å². The van der Waals surface area contributed by atoms with Crippen molar-refractivity contribution >= 4 is 35.6 Å². The fourth-order valence-corrected chi connectivity index (χ4v) is 2.79. The van der Waals surface area contributed by atoms with Gasteiger partial charge >= 0.3 is 0 Å². The third kappa shape index (κ3) is 5.54. The molecule has 4 N–H and O–H groups in total. The van der Waals surface area contributed by atoms with Crippen LogP contribution in [-0.2, 0) is 10.2 Å². The molecule has 1 heterocycles. The Kier molecular flexibility index (Phi) is 6.97. The molecule has 8 heteroatoms. The molecule has 0 aliphatic carbocycles. The molecule has 0 fully saturated rings. The van der Waals surface area contributed by atoms with Gasteiger partial charge in [-0.25, -0.2) is 0 Å². The second-order valence-corrected chi connectivity index (χ2v) is 7.67. The van der Waals surface area contributed by atoms with Gasteiger partial charge in [0.1, 0.15) is 0 Å². The molecular formula is C21H26ClN3O4. The van der Waals surface area contributed by atoms with E-state index in [9.17, 15) is 9.59 Å². The van der Waals surface area contributed by atoms with Gasteiger partial charge in [0.05, 0.1) is 11.4 Å². The highest BCUT2D eigenvalue weighted by atomic mass is 35.5. The topological polar surface area (TPSA) is 103 Å². The molecule has 0 saturated carbocycles. The summed E-state index contributed by atoms with van der Waals surface area (Å²) >= 11 is 0. The van der Waals surface area contributed by atoms with Gasteiger partial charge in [-0.05, 0) is 23.1 Å². The largest absolute Gasteiger partial charge is 0.454 e. The summed E-state index contributed by atoms with van der Waals surface area (Å²) < 4.78 is 10.5. The van der Waals surface area contributed by atoms with E-state index in [1.807, 2.05) is 12.1 Å². The average molecular weight is 420 g/mol. The SMILES string of the molecule is CC(C)(C)c1ccc(C(=O)NCCC(=O)Nc2cc3c(cc2N)OCO3)cc1.Cl. The molecule has 0 atom stereocenters. The van der Waals surface area contributed by atoms with Crippen LogP contribution in [0.25, 0.3) is 0 Å². The van der Waals surface area contributed by atoms with Crippen molar-refractivity contribution in [1.29, 1.82) is 0 Å². The van der Waals surface area contributed by atoms with Crippen LogP contribution >= 0.6 is 12.4 Å². The van der Waals surface area contributed by atoms with Gasteiger partial charge in [0.2, 0.25) is 12.7 Å². The van der Waals surface area contributed by atoms with Crippen molar-refractivity contribution in [2.24, 2.45) is 0 Å². The van der Waals surface area contributed by atoms with Crippen LogP contribution in [0.3, 0.4) is 0 Å². The lowest BCUT2D eigenvalue weighted by molar-refractivity contribution is -0.116. The lowest BCUT2D eigenvalue weighted by Gasteiger charge is -2.19. The predicted molar refractivity (Wildman–Crippen MR) is 115 cm³/mol. The maximum atomic E-state index is 12.2. The summed E-state index contributed by atoms with van der Waals surface area (Å²) in [5.74, 6) is 0.626. The minimum atomic E-state index is -0.256. The van der Waals surface area contributed by atoms with E-state index in [0.717, 1.165) is 5.56 Å². The molecule has 3 rings (SSSR count). The number of ether oxygens (including phenoxy) is 2. The monoisotopic (exact) mass is 419 g/mol. The van der Waals surface area contributed by atoms with Gasteiger partial charge in [-0.2, -0.15) is 0 Å². The Hall–Kier alpha value is -2.93. The molecule has 29 heavy (non-hydrogen) atoms. The van der Waals surface area contributed by atoms with Crippen LogP contribution in [0.2, 0.25) is 0 Å². The third-order valence-electron chi connectivity index (χ3n) is 4.47. The van der Waals surface area contributed by atoms with Gasteiger partial charge in [0.15, 0.2) is 11.5 Å². The van der Waals surface area contributed by atoms with E-state index in [1.165, 1.54) is 0 Å². The lowest BCUT2D eigenvalue weighted by Crippen LogP contribution is -2.27. The molecule has 0 spiro atoms. The summed E-state index contributed by atoms with van der Waals surface area (Å²) in [6, 6.07) is 10.7. The first-order valence-electron chi connectivity index (χ1n) is 9.12. The maximum absolute atomic E-state index is 12.2. The smallest absolute Gasteiger partial charge is 0.251 e. The maximum Gasteiger partial charge on any atom is 0.251 e. The van der Waals surface area contributed by atoms with Gasteiger partial charge in [0, 0.05) is 30.7 Å². The van der Waals surface area contributed by atoms with E-state index in [4.69, 9.17) is 15.2 Å². The van der Waals surface area contributed by atoms with E-state index in [2.05, 4.69) is 31.4 Å². The Morgan fingerprint density at radius 3 is 2.31 bits per heavy atom. The van der Waals surface area contributed by atoms with Gasteiger partial charge in [-0.1, -0.05) is 32.9 Å². The molecule has 0 aromatic heterocycles. The minimum absolute atomic E-state index is 0. The normalized spacial score (nSPS) is 12.1. The highest BCUT2D eigenvalue weighted by Gasteiger charge is 2.17. The first-order chi connectivity index (χ1) is 13.2. The Balaban J connectivity index is 0.00000300. The summed E-state index contributed by atoms with van der Waals surface area (Å²) in [7, 11) is 0. The molecule has 0 saturated heterocycles. The number of nitrogens with two attached hydrogens (primary N) is 1. The number of nitrogens with one attached hydrogen (secondary N) is 2. The minimum Gasteiger partial charge on any atom is -0.454 e. The highest BCUT2D eigenvalue weighted by Crippen LogP contribution is 2.38. The number of hydrogen-bond donors (Lipinski definition) is 3. The summed E-state index contributed by atoms with van der Waals surface area (Å²) in [4.78, 5) is 24.4. The molecule has 2 aromatic carbocycles. The number of anilines is 2. The lowest BCUT2D eigenvalue weighted by atomic mass is 9.87. The Bertz CT molecular complexity index is 892. The quantitative estimate of drug-likeness (QED) is 0.644. The number of carbonyl (C=O) groups is 2. The van der Waals surface area contributed by atoms with Crippen LogP contribution in [0.4, 0.5) is 11.4 Å². The van der Waals surface area contributed by atoms with Crippen LogP contribution in [-0.4, -0.2) is 25.2 Å². The zero-order chi connectivity index (χ0) is 20.3. The van der Waals surface area contributed by atoms with E-state index in [-0.39, 0.29) is 49.4 Å².